The number of primary amides is 1. The van der Waals surface area contributed by atoms with Gasteiger partial charge in [0.2, 0.25) is 0 Å². The first kappa shape index (κ1) is 14.3. The molecule has 0 aromatic carbocycles. The number of halogens is 5. The quantitative estimate of drug-likeness (QED) is 0.817. The molecule has 1 aromatic heterocycles. The lowest BCUT2D eigenvalue weighted by Crippen LogP contribution is -2.22. The Morgan fingerprint density at radius 2 is 1.94 bits per heavy atom. The Balaban J connectivity index is 3.59. The largest absolute Gasteiger partial charge is 0.433 e. The van der Waals surface area contributed by atoms with E-state index < -0.39 is 47.6 Å². The fourth-order valence-corrected chi connectivity index (χ4v) is 1.35. The maximum absolute atomic E-state index is 12.7. The number of carbonyl (C=O) groups is 1. The van der Waals surface area contributed by atoms with E-state index in [-0.39, 0.29) is 0 Å². The topological polar surface area (TPSA) is 82.0 Å². The first-order valence-electron chi connectivity index (χ1n) is 4.57. The van der Waals surface area contributed by atoms with Crippen LogP contribution in [0.4, 0.5) is 22.0 Å². The van der Waals surface area contributed by atoms with E-state index in [0.717, 1.165) is 0 Å². The lowest BCUT2D eigenvalue weighted by atomic mass is 10.0. The molecule has 4 N–H and O–H groups in total. The summed E-state index contributed by atoms with van der Waals surface area (Å²) in [4.78, 5) is 13.7. The molecule has 0 atom stereocenters. The van der Waals surface area contributed by atoms with E-state index in [0.29, 0.717) is 6.07 Å². The Morgan fingerprint density at radius 1 is 1.39 bits per heavy atom. The van der Waals surface area contributed by atoms with Gasteiger partial charge in [0.05, 0.1) is 5.56 Å². The summed E-state index contributed by atoms with van der Waals surface area (Å²) in [5, 5.41) is 0. The fraction of sp³-hybridized carbons (Fsp3) is 0.333. The summed E-state index contributed by atoms with van der Waals surface area (Å²) in [6.45, 7) is -0.592. The molecule has 1 aromatic rings. The van der Waals surface area contributed by atoms with Gasteiger partial charge in [-0.2, -0.15) is 13.2 Å². The van der Waals surface area contributed by atoms with Crippen LogP contribution in [-0.2, 0) is 12.7 Å². The molecule has 1 amide bonds. The monoisotopic (exact) mass is 269 g/mol. The van der Waals surface area contributed by atoms with Crippen LogP contribution in [0.5, 0.6) is 0 Å². The van der Waals surface area contributed by atoms with Gasteiger partial charge >= 0.3 is 6.18 Å². The molecule has 0 unspecified atom stereocenters. The average molecular weight is 269 g/mol. The second-order valence-electron chi connectivity index (χ2n) is 3.30. The Kier molecular flexibility index (Phi) is 3.85. The molecule has 0 bridgehead atoms. The summed E-state index contributed by atoms with van der Waals surface area (Å²) >= 11 is 0. The van der Waals surface area contributed by atoms with Gasteiger partial charge in [0.1, 0.15) is 11.4 Å². The molecule has 0 saturated heterocycles. The Hall–Kier alpha value is -1.77. The van der Waals surface area contributed by atoms with Gasteiger partial charge in [-0.15, -0.1) is 0 Å². The zero-order chi connectivity index (χ0) is 14.1. The van der Waals surface area contributed by atoms with Crippen LogP contribution >= 0.6 is 0 Å². The van der Waals surface area contributed by atoms with Crippen molar-refractivity contribution in [1.82, 2.24) is 4.98 Å². The summed E-state index contributed by atoms with van der Waals surface area (Å²) in [5.41, 5.74) is 5.77. The van der Waals surface area contributed by atoms with Crippen LogP contribution in [0.25, 0.3) is 0 Å². The maximum Gasteiger partial charge on any atom is 0.433 e. The molecule has 0 aliphatic carbocycles. The van der Waals surface area contributed by atoms with Gasteiger partial charge in [0.15, 0.2) is 0 Å². The highest BCUT2D eigenvalue weighted by molar-refractivity contribution is 5.92. The number of carbonyl (C=O) groups excluding carboxylic acids is 1. The first-order valence-corrected chi connectivity index (χ1v) is 4.57. The third-order valence-corrected chi connectivity index (χ3v) is 2.11. The molecule has 1 heterocycles. The zero-order valence-electron chi connectivity index (χ0n) is 8.76. The molecule has 0 aliphatic rings. The van der Waals surface area contributed by atoms with Crippen molar-refractivity contribution in [2.45, 2.75) is 19.1 Å². The van der Waals surface area contributed by atoms with Crippen molar-refractivity contribution >= 4 is 5.91 Å². The smallest absolute Gasteiger partial charge is 0.364 e. The normalized spacial score (nSPS) is 11.9. The third kappa shape index (κ3) is 2.73. The summed E-state index contributed by atoms with van der Waals surface area (Å²) < 4.78 is 62.7. The van der Waals surface area contributed by atoms with Gasteiger partial charge in [-0.05, 0) is 11.6 Å². The molecule has 4 nitrogen and oxygen atoms in total. The maximum atomic E-state index is 12.7. The highest BCUT2D eigenvalue weighted by Gasteiger charge is 2.35. The third-order valence-electron chi connectivity index (χ3n) is 2.11. The highest BCUT2D eigenvalue weighted by atomic mass is 19.4. The molecular formula is C9H8F5N3O. The van der Waals surface area contributed by atoms with E-state index >= 15 is 0 Å². The molecule has 0 saturated carbocycles. The molecule has 18 heavy (non-hydrogen) atoms. The average Bonchev–Trinajstić information content (AvgIpc) is 2.25. The van der Waals surface area contributed by atoms with E-state index in [1.807, 2.05) is 0 Å². The van der Waals surface area contributed by atoms with E-state index in [1.165, 1.54) is 0 Å². The van der Waals surface area contributed by atoms with Crippen molar-refractivity contribution in [3.63, 3.8) is 0 Å². The number of hydrogen-bond donors (Lipinski definition) is 2. The second-order valence-corrected chi connectivity index (χ2v) is 3.30. The predicted octanol–water partition coefficient (Wildman–Crippen LogP) is 1.60. The molecule has 0 aliphatic heterocycles. The number of alkyl halides is 5. The van der Waals surface area contributed by atoms with Crippen molar-refractivity contribution in [2.24, 2.45) is 11.5 Å². The number of nitrogens with zero attached hydrogens (tertiary/aromatic N) is 1. The highest BCUT2D eigenvalue weighted by Crippen LogP contribution is 2.33. The van der Waals surface area contributed by atoms with Crippen LogP contribution in [0.3, 0.4) is 0 Å². The van der Waals surface area contributed by atoms with Crippen LogP contribution in [0.15, 0.2) is 6.07 Å². The Labute approximate surface area is 97.8 Å². The minimum absolute atomic E-state index is 0.383. The van der Waals surface area contributed by atoms with Gasteiger partial charge < -0.3 is 11.5 Å². The number of aromatic nitrogens is 1. The lowest BCUT2D eigenvalue weighted by molar-refractivity contribution is -0.141. The van der Waals surface area contributed by atoms with Crippen molar-refractivity contribution in [1.29, 1.82) is 0 Å². The summed E-state index contributed by atoms with van der Waals surface area (Å²) in [6.07, 6.45) is -8.07. The van der Waals surface area contributed by atoms with Crippen molar-refractivity contribution < 1.29 is 26.7 Å². The van der Waals surface area contributed by atoms with Gasteiger partial charge in [-0.3, -0.25) is 4.79 Å². The van der Waals surface area contributed by atoms with E-state index in [9.17, 15) is 26.7 Å². The van der Waals surface area contributed by atoms with Crippen molar-refractivity contribution in [3.8, 4) is 0 Å². The van der Waals surface area contributed by atoms with Crippen molar-refractivity contribution in [3.05, 3.63) is 28.6 Å². The Bertz CT molecular complexity index is 472. The number of amides is 1. The number of nitrogens with two attached hydrogens (primary N) is 2. The lowest BCUT2D eigenvalue weighted by Gasteiger charge is -2.14. The number of rotatable bonds is 3. The summed E-state index contributed by atoms with van der Waals surface area (Å²) in [5.74, 6) is -1.47. The SMILES string of the molecule is NCc1cc(C(F)(F)F)nc(C(N)=O)c1C(F)F. The van der Waals surface area contributed by atoms with Crippen molar-refractivity contribution in [2.75, 3.05) is 0 Å². The first-order chi connectivity index (χ1) is 8.18. The van der Waals surface area contributed by atoms with E-state index in [1.54, 1.807) is 0 Å². The van der Waals surface area contributed by atoms with Crippen LogP contribution < -0.4 is 11.5 Å². The van der Waals surface area contributed by atoms with Gasteiger partial charge in [0, 0.05) is 6.54 Å². The van der Waals surface area contributed by atoms with E-state index in [2.05, 4.69) is 4.98 Å². The van der Waals surface area contributed by atoms with Gasteiger partial charge in [-0.25, -0.2) is 13.8 Å². The Morgan fingerprint density at radius 3 is 2.28 bits per heavy atom. The van der Waals surface area contributed by atoms with Crippen LogP contribution in [-0.4, -0.2) is 10.9 Å². The second kappa shape index (κ2) is 4.84. The molecular weight excluding hydrogens is 261 g/mol. The van der Waals surface area contributed by atoms with Crippen LogP contribution in [0.1, 0.15) is 33.7 Å². The zero-order valence-corrected chi connectivity index (χ0v) is 8.76. The molecule has 0 radical (unpaired) electrons. The van der Waals surface area contributed by atoms with Crippen LogP contribution in [0.2, 0.25) is 0 Å². The van der Waals surface area contributed by atoms with Gasteiger partial charge in [-0.1, -0.05) is 0 Å². The minimum atomic E-state index is -4.88. The summed E-state index contributed by atoms with van der Waals surface area (Å²) in [7, 11) is 0. The standard InChI is InChI=1S/C9H8F5N3O/c10-7(11)5-3(2-15)1-4(9(12,13)14)17-6(5)8(16)18/h1,7H,2,15H2,(H2,16,18). The van der Waals surface area contributed by atoms with Gasteiger partial charge in [0.25, 0.3) is 12.3 Å². The van der Waals surface area contributed by atoms with E-state index in [4.69, 9.17) is 11.5 Å². The minimum Gasteiger partial charge on any atom is -0.364 e. The predicted molar refractivity (Wildman–Crippen MR) is 50.6 cm³/mol. The number of pyridine rings is 1. The molecule has 9 heteroatoms. The molecule has 1 rings (SSSR count). The number of hydrogen-bond acceptors (Lipinski definition) is 3. The molecule has 0 fully saturated rings. The molecule has 0 spiro atoms. The summed E-state index contributed by atoms with van der Waals surface area (Å²) in [6, 6.07) is 0.383. The molecule has 100 valence electrons. The van der Waals surface area contributed by atoms with Crippen LogP contribution in [0, 0.1) is 0 Å². The fourth-order valence-electron chi connectivity index (χ4n) is 1.35.